The first-order chi connectivity index (χ1) is 13.4. The van der Waals surface area contributed by atoms with Gasteiger partial charge in [-0.1, -0.05) is 12.8 Å². The summed E-state index contributed by atoms with van der Waals surface area (Å²) in [6, 6.07) is 0. The van der Waals surface area contributed by atoms with Crippen molar-refractivity contribution in [3.05, 3.63) is 0 Å². The Hall–Kier alpha value is -0.900. The Labute approximate surface area is 171 Å². The molecule has 1 N–H and O–H groups in total. The van der Waals surface area contributed by atoms with Gasteiger partial charge >= 0.3 is 0 Å². The number of likely N-dealkylation sites (tertiary alicyclic amines) is 1. The van der Waals surface area contributed by atoms with Crippen LogP contribution in [0.1, 0.15) is 39.5 Å². The molecule has 2 aliphatic heterocycles. The zero-order valence-electron chi connectivity index (χ0n) is 17.9. The number of piperazine rings is 1. The van der Waals surface area contributed by atoms with E-state index in [1.807, 2.05) is 13.8 Å². The summed E-state index contributed by atoms with van der Waals surface area (Å²) in [5.74, 6) is 0.920. The number of ether oxygens (including phenoxy) is 1. The maximum absolute atomic E-state index is 12.5. The summed E-state index contributed by atoms with van der Waals surface area (Å²) in [6.07, 6.45) is 5.35. The molecule has 2 saturated heterocycles. The molecule has 0 aromatic heterocycles. The first kappa shape index (κ1) is 23.4. The van der Waals surface area contributed by atoms with E-state index < -0.39 is 10.0 Å². The minimum Gasteiger partial charge on any atom is -0.378 e. The van der Waals surface area contributed by atoms with Crippen molar-refractivity contribution >= 4 is 16.0 Å². The average Bonchev–Trinajstić information content (AvgIpc) is 2.94. The van der Waals surface area contributed by atoms with E-state index in [0.29, 0.717) is 26.2 Å². The quantitative estimate of drug-likeness (QED) is 0.465. The van der Waals surface area contributed by atoms with E-state index in [0.717, 1.165) is 19.0 Å². The lowest BCUT2D eigenvalue weighted by molar-refractivity contribution is 0.0904. The van der Waals surface area contributed by atoms with Crippen LogP contribution < -0.4 is 5.32 Å². The standard InChI is InChI=1S/C19H39N5O3S/c1-18(2)27-16-17-28(25,26)24-14-12-23(13-15-24)19(20-3)21-8-11-22-9-6-4-5-7-10-22/h18H,4-17H2,1-3H3,(H,20,21). The molecule has 0 radical (unpaired) electrons. The second kappa shape index (κ2) is 11.9. The van der Waals surface area contributed by atoms with Gasteiger partial charge in [0.05, 0.1) is 18.5 Å². The molecule has 2 fully saturated rings. The van der Waals surface area contributed by atoms with Crippen molar-refractivity contribution in [1.29, 1.82) is 0 Å². The molecule has 0 spiro atoms. The highest BCUT2D eigenvalue weighted by Crippen LogP contribution is 2.10. The third kappa shape index (κ3) is 7.85. The van der Waals surface area contributed by atoms with Gasteiger partial charge in [-0.15, -0.1) is 0 Å². The van der Waals surface area contributed by atoms with E-state index in [1.165, 1.54) is 38.8 Å². The molecule has 2 rings (SSSR count). The molecular formula is C19H39N5O3S. The second-order valence-electron chi connectivity index (χ2n) is 7.85. The maximum atomic E-state index is 12.5. The van der Waals surface area contributed by atoms with Crippen molar-refractivity contribution in [2.75, 3.05) is 71.8 Å². The van der Waals surface area contributed by atoms with Crippen LogP contribution in [0.25, 0.3) is 0 Å². The van der Waals surface area contributed by atoms with Crippen molar-refractivity contribution in [2.24, 2.45) is 4.99 Å². The Morgan fingerprint density at radius 1 is 1.04 bits per heavy atom. The second-order valence-corrected chi connectivity index (χ2v) is 9.94. The van der Waals surface area contributed by atoms with Crippen LogP contribution in [-0.4, -0.2) is 106 Å². The summed E-state index contributed by atoms with van der Waals surface area (Å²) < 4.78 is 31.9. The number of hydrogen-bond donors (Lipinski definition) is 1. The third-order valence-electron chi connectivity index (χ3n) is 5.35. The normalized spacial score (nSPS) is 21.1. The Kier molecular flexibility index (Phi) is 9.98. The SMILES string of the molecule is CN=C(NCCN1CCCCCC1)N1CCN(S(=O)(=O)CCOC(C)C)CC1. The van der Waals surface area contributed by atoms with Gasteiger partial charge in [-0.25, -0.2) is 8.42 Å². The van der Waals surface area contributed by atoms with Gasteiger partial charge in [0.25, 0.3) is 0 Å². The topological polar surface area (TPSA) is 77.5 Å². The number of sulfonamides is 1. The lowest BCUT2D eigenvalue weighted by atomic mass is 10.2. The molecule has 0 bridgehead atoms. The van der Waals surface area contributed by atoms with Gasteiger partial charge < -0.3 is 19.9 Å². The smallest absolute Gasteiger partial charge is 0.216 e. The first-order valence-electron chi connectivity index (χ1n) is 10.7. The summed E-state index contributed by atoms with van der Waals surface area (Å²) in [5.41, 5.74) is 0. The van der Waals surface area contributed by atoms with Gasteiger partial charge in [0, 0.05) is 46.3 Å². The van der Waals surface area contributed by atoms with Crippen molar-refractivity contribution in [1.82, 2.24) is 19.4 Å². The molecule has 0 saturated carbocycles. The average molecular weight is 418 g/mol. The predicted octanol–water partition coefficient (Wildman–Crippen LogP) is 0.810. The fourth-order valence-corrected chi connectivity index (χ4v) is 5.00. The number of nitrogens with one attached hydrogen (secondary N) is 1. The van der Waals surface area contributed by atoms with Crippen LogP contribution in [0.5, 0.6) is 0 Å². The van der Waals surface area contributed by atoms with E-state index in [4.69, 9.17) is 4.74 Å². The van der Waals surface area contributed by atoms with Crippen molar-refractivity contribution in [3.8, 4) is 0 Å². The highest BCUT2D eigenvalue weighted by Gasteiger charge is 2.28. The van der Waals surface area contributed by atoms with Gasteiger partial charge in [0.2, 0.25) is 10.0 Å². The minimum absolute atomic E-state index is 0.0496. The summed E-state index contributed by atoms with van der Waals surface area (Å²) in [5, 5.41) is 3.45. The first-order valence-corrected chi connectivity index (χ1v) is 12.3. The number of aliphatic imine (C=N–C) groups is 1. The lowest BCUT2D eigenvalue weighted by Crippen LogP contribution is -2.54. The van der Waals surface area contributed by atoms with Crippen LogP contribution >= 0.6 is 0 Å². The van der Waals surface area contributed by atoms with Gasteiger partial charge in [-0.3, -0.25) is 4.99 Å². The molecular weight excluding hydrogens is 378 g/mol. The molecule has 8 nitrogen and oxygen atoms in total. The summed E-state index contributed by atoms with van der Waals surface area (Å²) in [6.45, 7) is 10.7. The van der Waals surface area contributed by atoms with E-state index in [9.17, 15) is 8.42 Å². The van der Waals surface area contributed by atoms with E-state index >= 15 is 0 Å². The Bertz CT molecular complexity index is 566. The van der Waals surface area contributed by atoms with Crippen molar-refractivity contribution in [3.63, 3.8) is 0 Å². The molecule has 164 valence electrons. The third-order valence-corrected chi connectivity index (χ3v) is 7.18. The molecule has 2 heterocycles. The van der Waals surface area contributed by atoms with Crippen LogP contribution in [0.15, 0.2) is 4.99 Å². The predicted molar refractivity (Wildman–Crippen MR) is 114 cm³/mol. The number of guanidine groups is 1. The van der Waals surface area contributed by atoms with Gasteiger partial charge in [0.1, 0.15) is 0 Å². The Morgan fingerprint density at radius 2 is 1.68 bits per heavy atom. The van der Waals surface area contributed by atoms with Crippen LogP contribution in [0.3, 0.4) is 0 Å². The van der Waals surface area contributed by atoms with Crippen molar-refractivity contribution in [2.45, 2.75) is 45.6 Å². The summed E-state index contributed by atoms with van der Waals surface area (Å²) >= 11 is 0. The zero-order valence-corrected chi connectivity index (χ0v) is 18.7. The highest BCUT2D eigenvalue weighted by atomic mass is 32.2. The molecule has 0 aromatic carbocycles. The molecule has 0 atom stereocenters. The van der Waals surface area contributed by atoms with Gasteiger partial charge in [-0.2, -0.15) is 4.31 Å². The van der Waals surface area contributed by atoms with Crippen LogP contribution in [0, 0.1) is 0 Å². The lowest BCUT2D eigenvalue weighted by Gasteiger charge is -2.36. The maximum Gasteiger partial charge on any atom is 0.216 e. The number of rotatable bonds is 8. The Morgan fingerprint density at radius 3 is 2.25 bits per heavy atom. The largest absolute Gasteiger partial charge is 0.378 e. The van der Waals surface area contributed by atoms with Crippen molar-refractivity contribution < 1.29 is 13.2 Å². The van der Waals surface area contributed by atoms with E-state index in [2.05, 4.69) is 20.1 Å². The fraction of sp³-hybridized carbons (Fsp3) is 0.947. The molecule has 2 aliphatic rings. The van der Waals surface area contributed by atoms with E-state index in [1.54, 1.807) is 11.4 Å². The van der Waals surface area contributed by atoms with E-state index in [-0.39, 0.29) is 18.5 Å². The molecule has 9 heteroatoms. The summed E-state index contributed by atoms with van der Waals surface area (Å²) in [4.78, 5) is 9.07. The minimum atomic E-state index is -3.26. The zero-order chi connectivity index (χ0) is 20.4. The monoisotopic (exact) mass is 417 g/mol. The van der Waals surface area contributed by atoms with Crippen LogP contribution in [-0.2, 0) is 14.8 Å². The molecule has 0 aromatic rings. The van der Waals surface area contributed by atoms with Gasteiger partial charge in [-0.05, 0) is 39.8 Å². The molecule has 0 amide bonds. The van der Waals surface area contributed by atoms with Crippen LogP contribution in [0.4, 0.5) is 0 Å². The summed E-state index contributed by atoms with van der Waals surface area (Å²) in [7, 11) is -1.46. The Balaban J connectivity index is 1.72. The van der Waals surface area contributed by atoms with Crippen LogP contribution in [0.2, 0.25) is 0 Å². The van der Waals surface area contributed by atoms with Gasteiger partial charge in [0.15, 0.2) is 5.96 Å². The fourth-order valence-electron chi connectivity index (χ4n) is 3.71. The highest BCUT2D eigenvalue weighted by molar-refractivity contribution is 7.89. The number of nitrogens with zero attached hydrogens (tertiary/aromatic N) is 4. The number of hydrogen-bond acceptors (Lipinski definition) is 5. The molecule has 0 aliphatic carbocycles. The molecule has 0 unspecified atom stereocenters. The molecule has 28 heavy (non-hydrogen) atoms.